The molecule has 2 aromatic rings. The van der Waals surface area contributed by atoms with Gasteiger partial charge in [-0.3, -0.25) is 4.90 Å². The first-order valence-corrected chi connectivity index (χ1v) is 7.15. The Kier molecular flexibility index (Phi) is 4.96. The van der Waals surface area contributed by atoms with Crippen molar-refractivity contribution >= 4 is 11.3 Å². The zero-order chi connectivity index (χ0) is 13.7. The molecule has 0 fully saturated rings. The van der Waals surface area contributed by atoms with Gasteiger partial charge in [0, 0.05) is 13.1 Å². The highest BCUT2D eigenvalue weighted by Gasteiger charge is 2.11. The van der Waals surface area contributed by atoms with E-state index in [-0.39, 0.29) is 0 Å². The lowest BCUT2D eigenvalue weighted by Gasteiger charge is -2.20. The molecule has 1 N–H and O–H groups in total. The summed E-state index contributed by atoms with van der Waals surface area (Å²) >= 11 is 1.70. The zero-order valence-electron chi connectivity index (χ0n) is 11.2. The molecule has 0 saturated heterocycles. The number of methoxy groups -OCH3 is 1. The van der Waals surface area contributed by atoms with Crippen LogP contribution in [0.2, 0.25) is 0 Å². The van der Waals surface area contributed by atoms with Gasteiger partial charge in [-0.1, -0.05) is 12.1 Å². The van der Waals surface area contributed by atoms with Crippen molar-refractivity contribution in [2.45, 2.75) is 12.6 Å². The molecule has 0 aliphatic rings. The Labute approximate surface area is 118 Å². The van der Waals surface area contributed by atoms with Crippen LogP contribution in [0.15, 0.2) is 41.1 Å². The van der Waals surface area contributed by atoms with Gasteiger partial charge in [0.1, 0.15) is 5.75 Å². The van der Waals surface area contributed by atoms with Crippen LogP contribution in [0.5, 0.6) is 5.75 Å². The van der Waals surface area contributed by atoms with E-state index >= 15 is 0 Å². The van der Waals surface area contributed by atoms with E-state index in [1.165, 1.54) is 5.56 Å². The number of likely N-dealkylation sites (N-methyl/N-ethyl adjacent to an activating group) is 1. The molecule has 19 heavy (non-hydrogen) atoms. The minimum absolute atomic E-state index is 0.501. The largest absolute Gasteiger partial charge is 0.497 e. The smallest absolute Gasteiger partial charge is 0.119 e. The molecule has 2 rings (SSSR count). The number of aliphatic hydroxyl groups is 1. The minimum Gasteiger partial charge on any atom is -0.497 e. The molecule has 1 atom stereocenters. The van der Waals surface area contributed by atoms with E-state index in [0.717, 1.165) is 17.9 Å². The third-order valence-electron chi connectivity index (χ3n) is 3.00. The molecule has 0 saturated carbocycles. The van der Waals surface area contributed by atoms with Crippen molar-refractivity contribution in [1.82, 2.24) is 4.90 Å². The lowest BCUT2D eigenvalue weighted by atomic mass is 10.1. The summed E-state index contributed by atoms with van der Waals surface area (Å²) in [6.07, 6.45) is -0.501. The van der Waals surface area contributed by atoms with Crippen molar-refractivity contribution < 1.29 is 9.84 Å². The summed E-state index contributed by atoms with van der Waals surface area (Å²) in [5.41, 5.74) is 2.17. The number of ether oxygens (including phenoxy) is 1. The van der Waals surface area contributed by atoms with Crippen LogP contribution >= 0.6 is 11.3 Å². The third kappa shape index (κ3) is 4.06. The quantitative estimate of drug-likeness (QED) is 0.881. The fourth-order valence-electron chi connectivity index (χ4n) is 2.01. The van der Waals surface area contributed by atoms with Crippen molar-refractivity contribution in [2.24, 2.45) is 0 Å². The summed E-state index contributed by atoms with van der Waals surface area (Å²) in [4.78, 5) is 2.12. The number of hydrogen-bond acceptors (Lipinski definition) is 4. The lowest BCUT2D eigenvalue weighted by Crippen LogP contribution is -2.24. The van der Waals surface area contributed by atoms with Gasteiger partial charge in [-0.25, -0.2) is 0 Å². The Balaban J connectivity index is 1.94. The van der Waals surface area contributed by atoms with E-state index in [9.17, 15) is 5.11 Å². The second-order valence-corrected chi connectivity index (χ2v) is 5.40. The average molecular weight is 277 g/mol. The highest BCUT2D eigenvalue weighted by atomic mass is 32.1. The molecule has 0 radical (unpaired) electrons. The van der Waals surface area contributed by atoms with Crippen LogP contribution in [0.3, 0.4) is 0 Å². The Morgan fingerprint density at radius 2 is 2.21 bits per heavy atom. The van der Waals surface area contributed by atoms with Crippen LogP contribution in [0.4, 0.5) is 0 Å². The molecule has 4 heteroatoms. The first kappa shape index (κ1) is 14.1. The number of hydrogen-bond donors (Lipinski definition) is 1. The first-order chi connectivity index (χ1) is 9.19. The Morgan fingerprint density at radius 3 is 2.89 bits per heavy atom. The Bertz CT molecular complexity index is 499. The highest BCUT2D eigenvalue weighted by Crippen LogP contribution is 2.20. The first-order valence-electron chi connectivity index (χ1n) is 6.20. The second-order valence-electron chi connectivity index (χ2n) is 4.62. The summed E-state index contributed by atoms with van der Waals surface area (Å²) in [7, 11) is 3.65. The van der Waals surface area contributed by atoms with E-state index in [0.29, 0.717) is 6.54 Å². The van der Waals surface area contributed by atoms with E-state index in [2.05, 4.69) is 21.7 Å². The average Bonchev–Trinajstić information content (AvgIpc) is 2.91. The molecule has 1 unspecified atom stereocenters. The second kappa shape index (κ2) is 6.70. The molecule has 0 spiro atoms. The molecule has 1 heterocycles. The summed E-state index contributed by atoms with van der Waals surface area (Å²) in [5.74, 6) is 0.775. The fraction of sp³-hybridized carbons (Fsp3) is 0.333. The maximum Gasteiger partial charge on any atom is 0.119 e. The molecular weight excluding hydrogens is 258 g/mol. The summed E-state index contributed by atoms with van der Waals surface area (Å²) in [6.45, 7) is 1.45. The molecular formula is C15H19NO2S. The van der Waals surface area contributed by atoms with Crippen molar-refractivity contribution in [2.75, 3.05) is 20.7 Å². The monoisotopic (exact) mass is 277 g/mol. The van der Waals surface area contributed by atoms with Gasteiger partial charge < -0.3 is 9.84 Å². The Morgan fingerprint density at radius 1 is 1.37 bits per heavy atom. The van der Waals surface area contributed by atoms with Gasteiger partial charge in [-0.2, -0.15) is 11.3 Å². The molecule has 3 nitrogen and oxygen atoms in total. The maximum atomic E-state index is 10.2. The van der Waals surface area contributed by atoms with E-state index in [1.54, 1.807) is 18.4 Å². The van der Waals surface area contributed by atoms with E-state index in [4.69, 9.17) is 4.74 Å². The minimum atomic E-state index is -0.501. The normalized spacial score (nSPS) is 12.6. The van der Waals surface area contributed by atoms with Gasteiger partial charge in [0.2, 0.25) is 0 Å². The summed E-state index contributed by atoms with van der Waals surface area (Å²) in [6, 6.07) is 9.69. The number of rotatable bonds is 6. The van der Waals surface area contributed by atoms with E-state index < -0.39 is 6.10 Å². The number of nitrogens with zero attached hydrogens (tertiary/aromatic N) is 1. The zero-order valence-corrected chi connectivity index (χ0v) is 12.1. The Hall–Kier alpha value is -1.36. The number of thiophene rings is 1. The number of benzene rings is 1. The topological polar surface area (TPSA) is 32.7 Å². The molecule has 0 aliphatic carbocycles. The standard InChI is InChI=1S/C15H19NO2S/c1-16(9-12-6-7-19-11-12)10-15(17)13-4-3-5-14(8-13)18-2/h3-8,11,15,17H,9-10H2,1-2H3. The predicted octanol–water partition coefficient (Wildman–Crippen LogP) is 2.92. The van der Waals surface area contributed by atoms with Gasteiger partial charge in [0.05, 0.1) is 13.2 Å². The fourth-order valence-corrected chi connectivity index (χ4v) is 2.67. The van der Waals surface area contributed by atoms with Crippen molar-refractivity contribution in [1.29, 1.82) is 0 Å². The van der Waals surface area contributed by atoms with Gasteiger partial charge >= 0.3 is 0 Å². The summed E-state index contributed by atoms with van der Waals surface area (Å²) in [5, 5.41) is 14.4. The molecule has 1 aromatic heterocycles. The van der Waals surface area contributed by atoms with Gasteiger partial charge in [-0.05, 0) is 47.1 Å². The van der Waals surface area contributed by atoms with Crippen LogP contribution in [0.1, 0.15) is 17.2 Å². The van der Waals surface area contributed by atoms with Crippen LogP contribution in [0.25, 0.3) is 0 Å². The van der Waals surface area contributed by atoms with Gasteiger partial charge in [-0.15, -0.1) is 0 Å². The molecule has 0 bridgehead atoms. The van der Waals surface area contributed by atoms with Crippen molar-refractivity contribution in [3.05, 3.63) is 52.2 Å². The molecule has 102 valence electrons. The van der Waals surface area contributed by atoms with Crippen LogP contribution in [-0.4, -0.2) is 30.7 Å². The molecule has 1 aromatic carbocycles. The van der Waals surface area contributed by atoms with Crippen LogP contribution in [-0.2, 0) is 6.54 Å². The van der Waals surface area contributed by atoms with Crippen LogP contribution < -0.4 is 4.74 Å². The lowest BCUT2D eigenvalue weighted by molar-refractivity contribution is 0.123. The summed E-state index contributed by atoms with van der Waals surface area (Å²) < 4.78 is 5.17. The SMILES string of the molecule is COc1cccc(C(O)CN(C)Cc2ccsc2)c1. The third-order valence-corrected chi connectivity index (χ3v) is 3.73. The molecule has 0 amide bonds. The van der Waals surface area contributed by atoms with Crippen LogP contribution in [0, 0.1) is 0 Å². The van der Waals surface area contributed by atoms with E-state index in [1.807, 2.05) is 31.3 Å². The van der Waals surface area contributed by atoms with Crippen molar-refractivity contribution in [3.63, 3.8) is 0 Å². The predicted molar refractivity (Wildman–Crippen MR) is 78.6 cm³/mol. The van der Waals surface area contributed by atoms with Gasteiger partial charge in [0.25, 0.3) is 0 Å². The highest BCUT2D eigenvalue weighted by molar-refractivity contribution is 7.07. The van der Waals surface area contributed by atoms with Gasteiger partial charge in [0.15, 0.2) is 0 Å². The maximum absolute atomic E-state index is 10.2. The number of aliphatic hydroxyl groups excluding tert-OH is 1. The molecule has 0 aliphatic heterocycles. The van der Waals surface area contributed by atoms with Crippen molar-refractivity contribution in [3.8, 4) is 5.75 Å².